The summed E-state index contributed by atoms with van der Waals surface area (Å²) < 4.78 is 0. The minimum atomic E-state index is -0.241. The normalized spacial score (nSPS) is 15.0. The smallest absolute Gasteiger partial charge is 0.271 e. The van der Waals surface area contributed by atoms with Gasteiger partial charge in [0.2, 0.25) is 0 Å². The maximum atomic E-state index is 12.0. The van der Waals surface area contributed by atoms with Gasteiger partial charge in [0.1, 0.15) is 0 Å². The van der Waals surface area contributed by atoms with Crippen LogP contribution in [0.4, 0.5) is 0 Å². The van der Waals surface area contributed by atoms with E-state index in [-0.39, 0.29) is 5.91 Å². The van der Waals surface area contributed by atoms with Gasteiger partial charge in [-0.15, -0.1) is 5.10 Å². The molecular formula is C12H12N4O2. The van der Waals surface area contributed by atoms with Crippen LogP contribution in [0.15, 0.2) is 36.5 Å². The van der Waals surface area contributed by atoms with Gasteiger partial charge in [0, 0.05) is 0 Å². The van der Waals surface area contributed by atoms with Gasteiger partial charge in [-0.05, 0) is 18.6 Å². The minimum Gasteiger partial charge on any atom is -0.271 e. The second-order valence-electron chi connectivity index (χ2n) is 3.95. The first-order valence-corrected chi connectivity index (χ1v) is 5.77. The Morgan fingerprint density at radius 2 is 2.11 bits per heavy atom. The summed E-state index contributed by atoms with van der Waals surface area (Å²) in [6.07, 6.45) is 2.32. The summed E-state index contributed by atoms with van der Waals surface area (Å²) >= 11 is 0. The molecule has 0 spiro atoms. The number of rotatable bonds is 2. The predicted molar refractivity (Wildman–Crippen MR) is 63.0 cm³/mol. The van der Waals surface area contributed by atoms with Crippen LogP contribution in [0.5, 0.6) is 0 Å². The van der Waals surface area contributed by atoms with Gasteiger partial charge in [-0.1, -0.05) is 18.2 Å². The average Bonchev–Trinajstić information content (AvgIpc) is 3.10. The highest BCUT2D eigenvalue weighted by molar-refractivity contribution is 5.91. The molecule has 0 N–H and O–H groups in total. The number of para-hydroxylation sites is 1. The molecule has 0 bridgehead atoms. The van der Waals surface area contributed by atoms with Crippen LogP contribution in [0.25, 0.3) is 5.69 Å². The molecule has 92 valence electrons. The van der Waals surface area contributed by atoms with E-state index in [0.29, 0.717) is 18.8 Å². The second-order valence-corrected chi connectivity index (χ2v) is 3.95. The lowest BCUT2D eigenvalue weighted by Gasteiger charge is -2.10. The fourth-order valence-corrected chi connectivity index (χ4v) is 1.78. The molecule has 0 aliphatic carbocycles. The SMILES string of the molecule is O=C(c1cnn(-c2ccccc2)n1)N1CCCO1. The van der Waals surface area contributed by atoms with Crippen LogP contribution in [-0.2, 0) is 4.84 Å². The lowest BCUT2D eigenvalue weighted by molar-refractivity contribution is -0.0772. The van der Waals surface area contributed by atoms with Crippen molar-refractivity contribution in [1.29, 1.82) is 0 Å². The minimum absolute atomic E-state index is 0.241. The lowest BCUT2D eigenvalue weighted by atomic mass is 10.3. The first kappa shape index (κ1) is 10.9. The molecule has 1 aliphatic rings. The fraction of sp³-hybridized carbons (Fsp3) is 0.250. The van der Waals surface area contributed by atoms with Gasteiger partial charge in [0.15, 0.2) is 5.69 Å². The number of hydrogen-bond acceptors (Lipinski definition) is 4. The van der Waals surface area contributed by atoms with E-state index >= 15 is 0 Å². The van der Waals surface area contributed by atoms with E-state index in [1.165, 1.54) is 16.1 Å². The highest BCUT2D eigenvalue weighted by Gasteiger charge is 2.23. The molecule has 0 saturated carbocycles. The molecule has 1 fully saturated rings. The lowest BCUT2D eigenvalue weighted by Crippen LogP contribution is -2.26. The van der Waals surface area contributed by atoms with E-state index in [4.69, 9.17) is 4.84 Å². The topological polar surface area (TPSA) is 60.2 Å². The van der Waals surface area contributed by atoms with E-state index < -0.39 is 0 Å². The van der Waals surface area contributed by atoms with Gasteiger partial charge < -0.3 is 0 Å². The van der Waals surface area contributed by atoms with E-state index in [9.17, 15) is 4.79 Å². The monoisotopic (exact) mass is 244 g/mol. The summed E-state index contributed by atoms with van der Waals surface area (Å²) in [6, 6.07) is 9.45. The van der Waals surface area contributed by atoms with Crippen molar-refractivity contribution in [2.75, 3.05) is 13.2 Å². The molecule has 1 amide bonds. The Kier molecular flexibility index (Phi) is 2.77. The van der Waals surface area contributed by atoms with Crippen LogP contribution in [0.3, 0.4) is 0 Å². The summed E-state index contributed by atoms with van der Waals surface area (Å²) in [5.41, 5.74) is 1.11. The maximum absolute atomic E-state index is 12.0. The van der Waals surface area contributed by atoms with Gasteiger partial charge in [-0.2, -0.15) is 9.90 Å². The standard InChI is InChI=1S/C12H12N4O2/c17-12(15-7-4-8-18-15)11-9-13-16(14-11)10-5-2-1-3-6-10/h1-3,5-6,9H,4,7-8H2. The van der Waals surface area contributed by atoms with Crippen LogP contribution in [-0.4, -0.2) is 39.1 Å². The van der Waals surface area contributed by atoms with Crippen LogP contribution < -0.4 is 0 Å². The number of carbonyl (C=O) groups excluding carboxylic acids is 1. The first-order chi connectivity index (χ1) is 8.84. The Morgan fingerprint density at radius 3 is 2.83 bits per heavy atom. The second kappa shape index (κ2) is 4.58. The maximum Gasteiger partial charge on any atom is 0.299 e. The predicted octanol–water partition coefficient (Wildman–Crippen LogP) is 1.04. The fourth-order valence-electron chi connectivity index (χ4n) is 1.78. The molecule has 1 aromatic carbocycles. The van der Waals surface area contributed by atoms with Crippen molar-refractivity contribution in [2.45, 2.75) is 6.42 Å². The summed E-state index contributed by atoms with van der Waals surface area (Å²) in [6.45, 7) is 1.19. The Hall–Kier alpha value is -2.21. The van der Waals surface area contributed by atoms with Gasteiger partial charge in [0.25, 0.3) is 5.91 Å². The number of amides is 1. The third-order valence-corrected chi connectivity index (χ3v) is 2.68. The molecule has 6 nitrogen and oxygen atoms in total. The van der Waals surface area contributed by atoms with Crippen LogP contribution in [0.1, 0.15) is 16.9 Å². The molecule has 18 heavy (non-hydrogen) atoms. The van der Waals surface area contributed by atoms with Crippen molar-refractivity contribution < 1.29 is 9.63 Å². The van der Waals surface area contributed by atoms with Crippen molar-refractivity contribution in [3.05, 3.63) is 42.2 Å². The molecule has 0 atom stereocenters. The highest BCUT2D eigenvalue weighted by atomic mass is 16.7. The third-order valence-electron chi connectivity index (χ3n) is 2.68. The van der Waals surface area contributed by atoms with Crippen molar-refractivity contribution >= 4 is 5.91 Å². The Morgan fingerprint density at radius 1 is 1.28 bits per heavy atom. The van der Waals surface area contributed by atoms with Crippen LogP contribution >= 0.6 is 0 Å². The zero-order valence-electron chi connectivity index (χ0n) is 9.69. The number of hydrogen-bond donors (Lipinski definition) is 0. The van der Waals surface area contributed by atoms with Crippen molar-refractivity contribution in [1.82, 2.24) is 20.1 Å². The molecule has 2 heterocycles. The highest BCUT2D eigenvalue weighted by Crippen LogP contribution is 2.10. The molecule has 0 unspecified atom stereocenters. The van der Waals surface area contributed by atoms with E-state index in [1.807, 2.05) is 30.3 Å². The summed E-state index contributed by atoms with van der Waals surface area (Å²) in [4.78, 5) is 18.6. The summed E-state index contributed by atoms with van der Waals surface area (Å²) in [5.74, 6) is -0.241. The molecule has 1 saturated heterocycles. The van der Waals surface area contributed by atoms with E-state index in [0.717, 1.165) is 12.1 Å². The molecule has 1 aliphatic heterocycles. The van der Waals surface area contributed by atoms with Gasteiger partial charge in [-0.3, -0.25) is 9.63 Å². The number of nitrogens with zero attached hydrogens (tertiary/aromatic N) is 4. The molecule has 1 aromatic heterocycles. The number of hydroxylamine groups is 2. The number of benzene rings is 1. The number of aromatic nitrogens is 3. The van der Waals surface area contributed by atoms with Gasteiger partial charge >= 0.3 is 0 Å². The Balaban J connectivity index is 1.83. The van der Waals surface area contributed by atoms with Crippen LogP contribution in [0, 0.1) is 0 Å². The zero-order chi connectivity index (χ0) is 12.4. The summed E-state index contributed by atoms with van der Waals surface area (Å²) in [5, 5.41) is 9.57. The van der Waals surface area contributed by atoms with E-state index in [1.54, 1.807) is 0 Å². The molecule has 6 heteroatoms. The molecular weight excluding hydrogens is 232 g/mol. The number of carbonyl (C=O) groups is 1. The van der Waals surface area contributed by atoms with Crippen molar-refractivity contribution in [3.8, 4) is 5.69 Å². The molecule has 0 radical (unpaired) electrons. The molecule has 3 rings (SSSR count). The summed E-state index contributed by atoms with van der Waals surface area (Å²) in [7, 11) is 0. The van der Waals surface area contributed by atoms with Crippen LogP contribution in [0.2, 0.25) is 0 Å². The third kappa shape index (κ3) is 1.98. The largest absolute Gasteiger partial charge is 0.299 e. The zero-order valence-corrected chi connectivity index (χ0v) is 9.69. The average molecular weight is 244 g/mol. The Labute approximate surface area is 104 Å². The Bertz CT molecular complexity index is 546. The quantitative estimate of drug-likeness (QED) is 0.792. The van der Waals surface area contributed by atoms with Gasteiger partial charge in [0.05, 0.1) is 25.0 Å². The van der Waals surface area contributed by atoms with Crippen molar-refractivity contribution in [2.24, 2.45) is 0 Å². The molecule has 2 aromatic rings. The van der Waals surface area contributed by atoms with Gasteiger partial charge in [-0.25, -0.2) is 5.06 Å². The van der Waals surface area contributed by atoms with Crippen molar-refractivity contribution in [3.63, 3.8) is 0 Å². The van der Waals surface area contributed by atoms with E-state index in [2.05, 4.69) is 10.2 Å². The first-order valence-electron chi connectivity index (χ1n) is 5.77.